The third-order valence-corrected chi connectivity index (χ3v) is 2.53. The van der Waals surface area contributed by atoms with E-state index in [-0.39, 0.29) is 51.4 Å². The molecule has 0 fully saturated rings. The molecule has 0 aliphatic heterocycles. The van der Waals surface area contributed by atoms with Crippen molar-refractivity contribution < 1.29 is 51.4 Å². The molecule has 2 nitrogen and oxygen atoms in total. The van der Waals surface area contributed by atoms with E-state index in [0.717, 1.165) is 12.2 Å². The maximum Gasteiger partial charge on any atom is 1.00 e. The van der Waals surface area contributed by atoms with Crippen LogP contribution >= 0.6 is 12.2 Å². The average Bonchev–Trinajstić information content (AvgIpc) is 2.29. The molecule has 82 valence electrons. The Hall–Kier alpha value is 0.0264. The van der Waals surface area contributed by atoms with Crippen LogP contribution in [0.5, 0.6) is 0 Å². The van der Waals surface area contributed by atoms with Crippen LogP contribution in [0.4, 0.5) is 5.69 Å². The van der Waals surface area contributed by atoms with Gasteiger partial charge in [-0.15, -0.1) is 16.8 Å². The Labute approximate surface area is 150 Å². The predicted molar refractivity (Wildman–Crippen MR) is 72.7 cm³/mol. The maximum atomic E-state index is 5.13. The SMILES string of the molecule is CCNC(=S)Nc1ccc2c[c-]ccc2c1.[K+]. The second-order valence-electron chi connectivity index (χ2n) is 3.47. The Morgan fingerprint density at radius 1 is 1.29 bits per heavy atom. The van der Waals surface area contributed by atoms with Gasteiger partial charge < -0.3 is 10.6 Å². The second kappa shape index (κ2) is 7.46. The maximum absolute atomic E-state index is 5.13. The third-order valence-electron chi connectivity index (χ3n) is 2.28. The number of hydrogen-bond acceptors (Lipinski definition) is 1. The van der Waals surface area contributed by atoms with Gasteiger partial charge in [-0.1, -0.05) is 12.1 Å². The Balaban J connectivity index is 0.00000144. The molecule has 0 saturated carbocycles. The number of benzene rings is 2. The quantitative estimate of drug-likeness (QED) is 0.454. The van der Waals surface area contributed by atoms with Gasteiger partial charge >= 0.3 is 51.4 Å². The minimum absolute atomic E-state index is 0. The van der Waals surface area contributed by atoms with E-state index in [1.165, 1.54) is 10.8 Å². The number of nitrogens with one attached hydrogen (secondary N) is 2. The molecule has 0 bridgehead atoms. The Bertz CT molecular complexity index is 514. The molecule has 0 radical (unpaired) electrons. The van der Waals surface area contributed by atoms with Gasteiger partial charge in [0.05, 0.1) is 0 Å². The largest absolute Gasteiger partial charge is 1.00 e. The zero-order valence-corrected chi connectivity index (χ0v) is 14.0. The van der Waals surface area contributed by atoms with Crippen LogP contribution in [0.3, 0.4) is 0 Å². The number of thiocarbonyl (C=S) groups is 1. The molecule has 2 aromatic rings. The first-order valence-corrected chi connectivity index (χ1v) is 5.65. The zero-order chi connectivity index (χ0) is 11.4. The van der Waals surface area contributed by atoms with Gasteiger partial charge in [-0.2, -0.15) is 24.3 Å². The van der Waals surface area contributed by atoms with Gasteiger partial charge in [-0.05, 0) is 19.1 Å². The van der Waals surface area contributed by atoms with E-state index < -0.39 is 0 Å². The van der Waals surface area contributed by atoms with Crippen molar-refractivity contribution in [2.45, 2.75) is 6.92 Å². The summed E-state index contributed by atoms with van der Waals surface area (Å²) in [5.41, 5.74) is 1.00. The molecule has 0 aliphatic carbocycles. The molecule has 0 unspecified atom stereocenters. The standard InChI is InChI=1S/C13H13N2S.K/c1-2-14-13(16)15-12-8-7-10-5-3-4-6-11(10)9-12;/h4-9H,2H2,1H3,(H2,14,15,16);/q-1;+1. The summed E-state index contributed by atoms with van der Waals surface area (Å²) in [7, 11) is 0. The fourth-order valence-electron chi connectivity index (χ4n) is 1.54. The van der Waals surface area contributed by atoms with E-state index in [2.05, 4.69) is 28.8 Å². The van der Waals surface area contributed by atoms with Crippen LogP contribution in [0.15, 0.2) is 36.4 Å². The summed E-state index contributed by atoms with van der Waals surface area (Å²) < 4.78 is 0. The zero-order valence-electron chi connectivity index (χ0n) is 10.1. The van der Waals surface area contributed by atoms with Gasteiger partial charge in [0.15, 0.2) is 5.11 Å². The summed E-state index contributed by atoms with van der Waals surface area (Å²) in [6.45, 7) is 2.85. The van der Waals surface area contributed by atoms with Crippen molar-refractivity contribution in [1.82, 2.24) is 5.32 Å². The van der Waals surface area contributed by atoms with Crippen molar-refractivity contribution >= 4 is 33.8 Å². The average molecular weight is 268 g/mol. The first-order valence-electron chi connectivity index (χ1n) is 5.24. The summed E-state index contributed by atoms with van der Waals surface area (Å²) in [5.74, 6) is 0. The molecule has 0 atom stereocenters. The van der Waals surface area contributed by atoms with Crippen molar-refractivity contribution in [2.24, 2.45) is 0 Å². The smallest absolute Gasteiger partial charge is 0.363 e. The van der Waals surface area contributed by atoms with E-state index >= 15 is 0 Å². The van der Waals surface area contributed by atoms with Crippen molar-refractivity contribution in [1.29, 1.82) is 0 Å². The molecule has 2 N–H and O–H groups in total. The van der Waals surface area contributed by atoms with Crippen molar-refractivity contribution in [3.05, 3.63) is 42.5 Å². The van der Waals surface area contributed by atoms with Gasteiger partial charge in [0.25, 0.3) is 0 Å². The molecule has 2 aromatic carbocycles. The predicted octanol–water partition coefficient (Wildman–Crippen LogP) is -0.0497. The molecule has 0 saturated heterocycles. The van der Waals surface area contributed by atoms with Crippen LogP contribution in [0, 0.1) is 6.07 Å². The van der Waals surface area contributed by atoms with Crippen molar-refractivity contribution in [2.75, 3.05) is 11.9 Å². The van der Waals surface area contributed by atoms with Crippen LogP contribution in [0.25, 0.3) is 10.8 Å². The van der Waals surface area contributed by atoms with Crippen LogP contribution in [0.1, 0.15) is 6.92 Å². The number of fused-ring (bicyclic) bond motifs is 1. The van der Waals surface area contributed by atoms with Crippen molar-refractivity contribution in [3.63, 3.8) is 0 Å². The number of rotatable bonds is 2. The van der Waals surface area contributed by atoms with Crippen LogP contribution in [-0.4, -0.2) is 11.7 Å². The normalized spacial score (nSPS) is 9.47. The van der Waals surface area contributed by atoms with Gasteiger partial charge in [0.2, 0.25) is 0 Å². The molecule has 2 rings (SSSR count). The summed E-state index contributed by atoms with van der Waals surface area (Å²) in [5, 5.41) is 9.22. The van der Waals surface area contributed by atoms with E-state index in [4.69, 9.17) is 12.2 Å². The summed E-state index contributed by atoms with van der Waals surface area (Å²) in [6, 6.07) is 15.1. The molecular weight excluding hydrogens is 255 g/mol. The molecule has 0 spiro atoms. The molecule has 0 heterocycles. The van der Waals surface area contributed by atoms with E-state index in [1.54, 1.807) is 0 Å². The fourth-order valence-corrected chi connectivity index (χ4v) is 1.80. The van der Waals surface area contributed by atoms with Crippen LogP contribution in [-0.2, 0) is 0 Å². The fraction of sp³-hybridized carbons (Fsp3) is 0.154. The first kappa shape index (κ1) is 15.1. The van der Waals surface area contributed by atoms with Crippen LogP contribution < -0.4 is 62.0 Å². The van der Waals surface area contributed by atoms with E-state index in [1.807, 2.05) is 31.2 Å². The Morgan fingerprint density at radius 2 is 2.12 bits per heavy atom. The topological polar surface area (TPSA) is 24.1 Å². The minimum atomic E-state index is 0. The molecule has 0 aliphatic rings. The van der Waals surface area contributed by atoms with Gasteiger partial charge in [0.1, 0.15) is 0 Å². The first-order chi connectivity index (χ1) is 7.79. The van der Waals surface area contributed by atoms with Crippen LogP contribution in [0.2, 0.25) is 0 Å². The van der Waals surface area contributed by atoms with Gasteiger partial charge in [0, 0.05) is 12.2 Å². The molecule has 4 heteroatoms. The van der Waals surface area contributed by atoms with E-state index in [9.17, 15) is 0 Å². The molecular formula is C13H13KN2S. The number of anilines is 1. The van der Waals surface area contributed by atoms with Gasteiger partial charge in [-0.3, -0.25) is 0 Å². The Morgan fingerprint density at radius 3 is 2.88 bits per heavy atom. The summed E-state index contributed by atoms with van der Waals surface area (Å²) in [6.07, 6.45) is 0. The molecule has 0 amide bonds. The summed E-state index contributed by atoms with van der Waals surface area (Å²) in [4.78, 5) is 0. The van der Waals surface area contributed by atoms with Crippen molar-refractivity contribution in [3.8, 4) is 0 Å². The second-order valence-corrected chi connectivity index (χ2v) is 3.88. The minimum Gasteiger partial charge on any atom is -0.363 e. The number of hydrogen-bond donors (Lipinski definition) is 2. The molecule has 0 aromatic heterocycles. The van der Waals surface area contributed by atoms with Gasteiger partial charge in [-0.25, -0.2) is 0 Å². The van der Waals surface area contributed by atoms with E-state index in [0.29, 0.717) is 5.11 Å². The monoisotopic (exact) mass is 268 g/mol. The molecule has 17 heavy (non-hydrogen) atoms. The Kier molecular flexibility index (Phi) is 6.62. The summed E-state index contributed by atoms with van der Waals surface area (Å²) >= 11 is 5.13. The third kappa shape index (κ3) is 4.32.